The molecule has 6 nitrogen and oxygen atoms in total. The summed E-state index contributed by atoms with van der Waals surface area (Å²) in [4.78, 5) is 11.9. The second kappa shape index (κ2) is 8.14. The summed E-state index contributed by atoms with van der Waals surface area (Å²) in [5.74, 6) is -0.0637. The van der Waals surface area contributed by atoms with Crippen LogP contribution in [-0.2, 0) is 14.8 Å². The molecule has 0 radical (unpaired) electrons. The van der Waals surface area contributed by atoms with E-state index in [1.54, 1.807) is 32.0 Å². The van der Waals surface area contributed by atoms with Crippen LogP contribution in [0.1, 0.15) is 38.7 Å². The molecule has 0 aliphatic carbocycles. The van der Waals surface area contributed by atoms with Crippen LogP contribution in [0.25, 0.3) is 0 Å². The number of nitrogens with two attached hydrogens (primary N) is 1. The molecule has 4 N–H and O–H groups in total. The van der Waals surface area contributed by atoms with E-state index in [1.165, 1.54) is 0 Å². The first-order valence-corrected chi connectivity index (χ1v) is 9.06. The third kappa shape index (κ3) is 6.03. The SMILES string of the molecule is CCCS(=O)(=O)Nc1cccc(NC(=O)CCC(C)N)c1C. The summed E-state index contributed by atoms with van der Waals surface area (Å²) in [5, 5.41) is 2.79. The van der Waals surface area contributed by atoms with E-state index in [0.29, 0.717) is 36.2 Å². The normalized spacial score (nSPS) is 12.7. The largest absolute Gasteiger partial charge is 0.328 e. The minimum absolute atomic E-state index is 0.0287. The Balaban J connectivity index is 2.83. The summed E-state index contributed by atoms with van der Waals surface area (Å²) in [6, 6.07) is 5.11. The molecule has 0 aliphatic rings. The van der Waals surface area contributed by atoms with Crippen LogP contribution in [0.15, 0.2) is 18.2 Å². The van der Waals surface area contributed by atoms with Gasteiger partial charge in [0.1, 0.15) is 0 Å². The molecule has 0 saturated heterocycles. The summed E-state index contributed by atoms with van der Waals surface area (Å²) in [5.41, 5.74) is 7.41. The minimum Gasteiger partial charge on any atom is -0.328 e. The Bertz CT molecular complexity index is 612. The van der Waals surface area contributed by atoms with Gasteiger partial charge in [0.25, 0.3) is 0 Å². The second-order valence-corrected chi connectivity index (χ2v) is 7.31. The summed E-state index contributed by atoms with van der Waals surface area (Å²) in [7, 11) is -3.35. The van der Waals surface area contributed by atoms with Gasteiger partial charge in [0.05, 0.1) is 11.4 Å². The smallest absolute Gasteiger partial charge is 0.232 e. The van der Waals surface area contributed by atoms with Crippen molar-refractivity contribution in [2.45, 2.75) is 46.1 Å². The number of nitrogens with one attached hydrogen (secondary N) is 2. The zero-order valence-electron chi connectivity index (χ0n) is 13.3. The standard InChI is InChI=1S/C15H25N3O3S/c1-4-10-22(20,21)18-14-7-5-6-13(12(14)3)17-15(19)9-8-11(2)16/h5-7,11,18H,4,8-10,16H2,1-3H3,(H,17,19). The lowest BCUT2D eigenvalue weighted by atomic mass is 10.1. The zero-order chi connectivity index (χ0) is 16.8. The molecular formula is C15H25N3O3S. The number of rotatable bonds is 8. The topological polar surface area (TPSA) is 101 Å². The van der Waals surface area contributed by atoms with Gasteiger partial charge in [0, 0.05) is 18.2 Å². The van der Waals surface area contributed by atoms with Crippen LogP contribution in [0.4, 0.5) is 11.4 Å². The third-order valence-corrected chi connectivity index (χ3v) is 4.65. The van der Waals surface area contributed by atoms with Crippen LogP contribution >= 0.6 is 0 Å². The summed E-state index contributed by atoms with van der Waals surface area (Å²) < 4.78 is 26.3. The number of hydrogen-bond acceptors (Lipinski definition) is 4. The highest BCUT2D eigenvalue weighted by atomic mass is 32.2. The average molecular weight is 327 g/mol. The van der Waals surface area contributed by atoms with Crippen LogP contribution in [-0.4, -0.2) is 26.1 Å². The molecule has 1 aromatic carbocycles. The fraction of sp³-hybridized carbons (Fsp3) is 0.533. The number of carbonyl (C=O) groups is 1. The molecule has 7 heteroatoms. The van der Waals surface area contributed by atoms with Gasteiger partial charge in [0.2, 0.25) is 15.9 Å². The summed E-state index contributed by atoms with van der Waals surface area (Å²) in [6.45, 7) is 5.42. The van der Waals surface area contributed by atoms with Crippen LogP contribution in [0.5, 0.6) is 0 Å². The quantitative estimate of drug-likeness (QED) is 0.681. The molecule has 1 atom stereocenters. The van der Waals surface area contributed by atoms with Gasteiger partial charge < -0.3 is 11.1 Å². The lowest BCUT2D eigenvalue weighted by Crippen LogP contribution is -2.20. The fourth-order valence-electron chi connectivity index (χ4n) is 1.94. The van der Waals surface area contributed by atoms with E-state index in [1.807, 2.05) is 6.92 Å². The number of hydrogen-bond donors (Lipinski definition) is 3. The van der Waals surface area contributed by atoms with Crippen molar-refractivity contribution in [2.75, 3.05) is 15.8 Å². The van der Waals surface area contributed by atoms with Gasteiger partial charge in [-0.2, -0.15) is 0 Å². The predicted octanol–water partition coefficient (Wildman–Crippen LogP) is 2.21. The van der Waals surface area contributed by atoms with Crippen LogP contribution in [0.3, 0.4) is 0 Å². The number of anilines is 2. The van der Waals surface area contributed by atoms with Crippen LogP contribution in [0.2, 0.25) is 0 Å². The molecule has 1 aromatic rings. The Morgan fingerprint density at radius 1 is 1.32 bits per heavy atom. The van der Waals surface area contributed by atoms with Gasteiger partial charge in [-0.3, -0.25) is 9.52 Å². The van der Waals surface area contributed by atoms with E-state index in [9.17, 15) is 13.2 Å². The van der Waals surface area contributed by atoms with Crippen molar-refractivity contribution in [1.29, 1.82) is 0 Å². The van der Waals surface area contributed by atoms with E-state index in [4.69, 9.17) is 5.73 Å². The van der Waals surface area contributed by atoms with E-state index >= 15 is 0 Å². The first kappa shape index (κ1) is 18.4. The Kier molecular flexibility index (Phi) is 6.83. The van der Waals surface area contributed by atoms with E-state index in [-0.39, 0.29) is 17.7 Å². The number of sulfonamides is 1. The molecule has 0 fully saturated rings. The highest BCUT2D eigenvalue weighted by Crippen LogP contribution is 2.24. The molecular weight excluding hydrogens is 302 g/mol. The van der Waals surface area contributed by atoms with Crippen molar-refractivity contribution in [3.63, 3.8) is 0 Å². The Morgan fingerprint density at radius 2 is 1.95 bits per heavy atom. The van der Waals surface area contributed by atoms with Gasteiger partial charge >= 0.3 is 0 Å². The van der Waals surface area contributed by atoms with E-state index < -0.39 is 10.0 Å². The molecule has 0 bridgehead atoms. The minimum atomic E-state index is -3.35. The van der Waals surface area contributed by atoms with Gasteiger partial charge in [-0.1, -0.05) is 13.0 Å². The molecule has 0 aromatic heterocycles. The Labute approximate surface area is 132 Å². The zero-order valence-corrected chi connectivity index (χ0v) is 14.2. The number of amides is 1. The monoisotopic (exact) mass is 327 g/mol. The Hall–Kier alpha value is -1.60. The molecule has 0 saturated carbocycles. The van der Waals surface area contributed by atoms with Gasteiger partial charge in [0.15, 0.2) is 0 Å². The first-order chi connectivity index (χ1) is 10.2. The lowest BCUT2D eigenvalue weighted by Gasteiger charge is -2.14. The van der Waals surface area contributed by atoms with Crippen molar-refractivity contribution in [3.05, 3.63) is 23.8 Å². The highest BCUT2D eigenvalue weighted by molar-refractivity contribution is 7.92. The van der Waals surface area contributed by atoms with Crippen molar-refractivity contribution in [2.24, 2.45) is 5.73 Å². The maximum atomic E-state index is 11.9. The molecule has 0 heterocycles. The molecule has 1 unspecified atom stereocenters. The van der Waals surface area contributed by atoms with E-state index in [0.717, 1.165) is 0 Å². The second-order valence-electron chi connectivity index (χ2n) is 5.46. The van der Waals surface area contributed by atoms with Crippen molar-refractivity contribution in [1.82, 2.24) is 0 Å². The van der Waals surface area contributed by atoms with Gasteiger partial charge in [-0.15, -0.1) is 0 Å². The Morgan fingerprint density at radius 3 is 2.55 bits per heavy atom. The summed E-state index contributed by atoms with van der Waals surface area (Å²) >= 11 is 0. The maximum Gasteiger partial charge on any atom is 0.232 e. The van der Waals surface area contributed by atoms with Crippen molar-refractivity contribution < 1.29 is 13.2 Å². The fourth-order valence-corrected chi connectivity index (χ4v) is 3.14. The van der Waals surface area contributed by atoms with Crippen molar-refractivity contribution in [3.8, 4) is 0 Å². The first-order valence-electron chi connectivity index (χ1n) is 7.40. The van der Waals surface area contributed by atoms with Gasteiger partial charge in [-0.25, -0.2) is 8.42 Å². The van der Waals surface area contributed by atoms with Crippen LogP contribution in [0, 0.1) is 6.92 Å². The molecule has 124 valence electrons. The number of carbonyl (C=O) groups excluding carboxylic acids is 1. The third-order valence-electron chi connectivity index (χ3n) is 3.17. The molecule has 0 spiro atoms. The molecule has 0 aliphatic heterocycles. The maximum absolute atomic E-state index is 11.9. The molecule has 22 heavy (non-hydrogen) atoms. The number of benzene rings is 1. The average Bonchev–Trinajstić information content (AvgIpc) is 2.40. The lowest BCUT2D eigenvalue weighted by molar-refractivity contribution is -0.116. The van der Waals surface area contributed by atoms with E-state index in [2.05, 4.69) is 10.0 Å². The molecule has 1 rings (SSSR count). The van der Waals surface area contributed by atoms with Crippen molar-refractivity contribution >= 4 is 27.3 Å². The summed E-state index contributed by atoms with van der Waals surface area (Å²) in [6.07, 6.45) is 1.48. The van der Waals surface area contributed by atoms with Gasteiger partial charge in [-0.05, 0) is 44.4 Å². The van der Waals surface area contributed by atoms with Crippen LogP contribution < -0.4 is 15.8 Å². The highest BCUT2D eigenvalue weighted by Gasteiger charge is 2.13. The predicted molar refractivity (Wildman–Crippen MR) is 90.4 cm³/mol. The molecule has 1 amide bonds.